The van der Waals surface area contributed by atoms with E-state index >= 15 is 0 Å². The summed E-state index contributed by atoms with van der Waals surface area (Å²) in [6.07, 6.45) is 2.77. The molecule has 0 unspecified atom stereocenters. The molecule has 2 aromatic carbocycles. The van der Waals surface area contributed by atoms with Crippen LogP contribution in [0.1, 0.15) is 59.5 Å². The topological polar surface area (TPSA) is 241 Å². The molecule has 0 amide bonds. The minimum absolute atomic E-state index is 0.0113. The summed E-state index contributed by atoms with van der Waals surface area (Å²) < 4.78 is 11.8. The zero-order valence-electron chi connectivity index (χ0n) is 26.3. The highest BCUT2D eigenvalue weighted by atomic mass is 16.5. The number of anilines is 4. The van der Waals surface area contributed by atoms with E-state index in [1.54, 1.807) is 45.9 Å². The van der Waals surface area contributed by atoms with E-state index in [0.29, 0.717) is 28.2 Å². The van der Waals surface area contributed by atoms with Gasteiger partial charge in [0.1, 0.15) is 0 Å². The number of hydrogen-bond acceptors (Lipinski definition) is 12. The molecule has 14 heteroatoms. The summed E-state index contributed by atoms with van der Waals surface area (Å²) in [6, 6.07) is 11.7. The van der Waals surface area contributed by atoms with Crippen LogP contribution >= 0.6 is 0 Å². The van der Waals surface area contributed by atoms with E-state index in [1.807, 2.05) is 0 Å². The Labute approximate surface area is 264 Å². The van der Waals surface area contributed by atoms with Gasteiger partial charge in [0.15, 0.2) is 0 Å². The molecule has 0 spiro atoms. The maximum atomic E-state index is 12.2. The smallest absolute Gasteiger partial charge is 0.341 e. The first kappa shape index (κ1) is 34.9. The molecule has 0 saturated carbocycles. The number of nitrogens with two attached hydrogens (primary N) is 4. The van der Waals surface area contributed by atoms with Crippen LogP contribution in [0.4, 0.5) is 22.7 Å². The van der Waals surface area contributed by atoms with Crippen molar-refractivity contribution in [3.05, 3.63) is 104 Å². The Balaban J connectivity index is 0.000000250. The van der Waals surface area contributed by atoms with E-state index in [2.05, 4.69) is 9.47 Å². The number of nitrogen functional groups attached to an aromatic ring is 4. The van der Waals surface area contributed by atoms with Gasteiger partial charge >= 0.3 is 11.9 Å². The second kappa shape index (κ2) is 13.2. The first-order valence-electron chi connectivity index (χ1n) is 13.8. The van der Waals surface area contributed by atoms with Gasteiger partial charge in [0.05, 0.1) is 53.6 Å². The first-order valence-corrected chi connectivity index (χ1v) is 13.8. The van der Waals surface area contributed by atoms with E-state index in [4.69, 9.17) is 22.9 Å². The maximum Gasteiger partial charge on any atom is 0.341 e. The van der Waals surface area contributed by atoms with E-state index in [0.717, 1.165) is 6.07 Å². The highest BCUT2D eigenvalue weighted by molar-refractivity contribution is 5.96. The van der Waals surface area contributed by atoms with Crippen molar-refractivity contribution < 1.29 is 29.3 Å². The zero-order valence-corrected chi connectivity index (χ0v) is 26.3. The van der Waals surface area contributed by atoms with Crippen LogP contribution in [-0.2, 0) is 20.7 Å². The average Bonchev–Trinajstić information content (AvgIpc) is 2.95. The minimum Gasteiger partial charge on any atom is -0.465 e. The van der Waals surface area contributed by atoms with Gasteiger partial charge in [-0.1, -0.05) is 6.07 Å². The number of methoxy groups -OCH3 is 2. The molecular weight excluding hydrogens is 596 g/mol. The van der Waals surface area contributed by atoms with Crippen molar-refractivity contribution in [2.75, 3.05) is 37.2 Å². The Kier molecular flexibility index (Phi) is 9.99. The lowest BCUT2D eigenvalue weighted by atomic mass is 9.96. The fourth-order valence-corrected chi connectivity index (χ4v) is 4.54. The fourth-order valence-electron chi connectivity index (χ4n) is 4.54. The summed E-state index contributed by atoms with van der Waals surface area (Å²) in [4.78, 5) is 47.5. The Morgan fingerprint density at radius 1 is 0.609 bits per heavy atom. The van der Waals surface area contributed by atoms with Gasteiger partial charge in [-0.05, 0) is 58.0 Å². The van der Waals surface area contributed by atoms with Crippen LogP contribution in [0.25, 0.3) is 11.4 Å². The van der Waals surface area contributed by atoms with Gasteiger partial charge in [-0.15, -0.1) is 0 Å². The number of hydrogen-bond donors (Lipinski definition) is 6. The number of ether oxygens (including phenoxy) is 2. The lowest BCUT2D eigenvalue weighted by molar-refractivity contribution is 0.0592. The highest BCUT2D eigenvalue weighted by Crippen LogP contribution is 2.29. The Bertz CT molecular complexity index is 1920. The monoisotopic (exact) mass is 634 g/mol. The third kappa shape index (κ3) is 7.54. The molecule has 0 fully saturated rings. The number of carbonyl (C=O) groups is 2. The van der Waals surface area contributed by atoms with E-state index in [-0.39, 0.29) is 33.7 Å². The molecule has 4 rings (SSSR count). The molecule has 0 aliphatic rings. The number of nitrogens with zero attached hydrogens (tertiary/aromatic N) is 2. The quantitative estimate of drug-likeness (QED) is 0.132. The number of aliphatic hydroxyl groups is 2. The number of rotatable bonds is 6. The third-order valence-corrected chi connectivity index (χ3v) is 6.93. The largest absolute Gasteiger partial charge is 0.465 e. The molecule has 10 N–H and O–H groups in total. The van der Waals surface area contributed by atoms with E-state index in [1.165, 1.54) is 60.0 Å². The van der Waals surface area contributed by atoms with E-state index in [9.17, 15) is 29.4 Å². The molecule has 0 radical (unpaired) electrons. The van der Waals surface area contributed by atoms with Crippen molar-refractivity contribution in [3.63, 3.8) is 0 Å². The van der Waals surface area contributed by atoms with Gasteiger partial charge in [-0.2, -0.15) is 0 Å². The number of benzene rings is 2. The van der Waals surface area contributed by atoms with Gasteiger partial charge in [0, 0.05) is 52.7 Å². The van der Waals surface area contributed by atoms with Crippen molar-refractivity contribution in [2.24, 2.45) is 0 Å². The molecule has 14 nitrogen and oxygen atoms in total. The standard InChI is InChI=1S/C17H23N3O3.C15H15N3O5/c1-16(2,22)11-6-5-10(7-13(11)18)20-9-12(17(3,4)23)14(19)8-15(20)21;1-22-14(20)9-4-3-8(5-11(9)16)18-7-10(15(21)23-2)12(17)6-13(18)19/h5-9,22-23H,18-19H2,1-4H3;3-7H,16-17H2,1-2H3. The normalized spacial score (nSPS) is 11.3. The fraction of sp³-hybridized carbons (Fsp3) is 0.250. The summed E-state index contributed by atoms with van der Waals surface area (Å²) in [5.41, 5.74) is 23.2. The van der Waals surface area contributed by atoms with Crippen molar-refractivity contribution in [2.45, 2.75) is 38.9 Å². The van der Waals surface area contributed by atoms with Crippen LogP contribution in [0.15, 0.2) is 70.5 Å². The zero-order chi connectivity index (χ0) is 34.7. The summed E-state index contributed by atoms with van der Waals surface area (Å²) in [5, 5.41) is 20.3. The number of pyridine rings is 2. The number of esters is 2. The molecule has 4 aromatic rings. The molecular formula is C32H38N6O8. The summed E-state index contributed by atoms with van der Waals surface area (Å²) in [5.74, 6) is -1.26. The molecule has 0 atom stereocenters. The SMILES string of the molecule is CC(C)(O)c1ccc(-n2cc(C(C)(C)O)c(N)cc2=O)cc1N.COC(=O)c1ccc(-n2cc(C(=O)OC)c(N)cc2=O)cc1N. The van der Waals surface area contributed by atoms with Crippen LogP contribution in [0, 0.1) is 0 Å². The van der Waals surface area contributed by atoms with Crippen molar-refractivity contribution in [3.8, 4) is 11.4 Å². The number of carbonyl (C=O) groups excluding carboxylic acids is 2. The molecule has 46 heavy (non-hydrogen) atoms. The van der Waals surface area contributed by atoms with Gasteiger partial charge in [-0.3, -0.25) is 18.7 Å². The molecule has 0 aliphatic carbocycles. The Morgan fingerprint density at radius 2 is 1.02 bits per heavy atom. The predicted molar refractivity (Wildman–Crippen MR) is 175 cm³/mol. The average molecular weight is 635 g/mol. The van der Waals surface area contributed by atoms with Crippen LogP contribution in [0.3, 0.4) is 0 Å². The molecule has 244 valence electrons. The van der Waals surface area contributed by atoms with Gasteiger partial charge < -0.3 is 42.6 Å². The summed E-state index contributed by atoms with van der Waals surface area (Å²) >= 11 is 0. The lowest BCUT2D eigenvalue weighted by Gasteiger charge is -2.23. The molecule has 0 aliphatic heterocycles. The third-order valence-electron chi connectivity index (χ3n) is 6.93. The minimum atomic E-state index is -1.18. The van der Waals surface area contributed by atoms with Crippen LogP contribution in [0.2, 0.25) is 0 Å². The Hall–Kier alpha value is -5.60. The van der Waals surface area contributed by atoms with Crippen LogP contribution < -0.4 is 34.1 Å². The summed E-state index contributed by atoms with van der Waals surface area (Å²) in [7, 11) is 2.45. The van der Waals surface area contributed by atoms with Crippen molar-refractivity contribution >= 4 is 34.7 Å². The summed E-state index contributed by atoms with van der Waals surface area (Å²) in [6.45, 7) is 6.47. The number of aromatic nitrogens is 2. The van der Waals surface area contributed by atoms with Crippen molar-refractivity contribution in [1.29, 1.82) is 0 Å². The molecule has 2 aromatic heterocycles. The van der Waals surface area contributed by atoms with Crippen LogP contribution in [0.5, 0.6) is 0 Å². The van der Waals surface area contributed by atoms with Crippen LogP contribution in [-0.4, -0.2) is 45.5 Å². The van der Waals surface area contributed by atoms with Crippen molar-refractivity contribution in [1.82, 2.24) is 9.13 Å². The predicted octanol–water partition coefficient (Wildman–Crippen LogP) is 2.03. The van der Waals surface area contributed by atoms with E-state index < -0.39 is 28.7 Å². The molecule has 2 heterocycles. The maximum absolute atomic E-state index is 12.2. The van der Waals surface area contributed by atoms with Gasteiger partial charge in [-0.25, -0.2) is 9.59 Å². The second-order valence-electron chi connectivity index (χ2n) is 11.3. The highest BCUT2D eigenvalue weighted by Gasteiger charge is 2.23. The van der Waals surface area contributed by atoms with Gasteiger partial charge in [0.2, 0.25) is 0 Å². The molecule has 0 bridgehead atoms. The lowest BCUT2D eigenvalue weighted by Crippen LogP contribution is -2.25. The Morgan fingerprint density at radius 3 is 1.50 bits per heavy atom. The molecule has 0 saturated heterocycles. The second-order valence-corrected chi connectivity index (χ2v) is 11.3. The van der Waals surface area contributed by atoms with Gasteiger partial charge in [0.25, 0.3) is 11.1 Å². The first-order chi connectivity index (χ1) is 21.3.